The largest absolute Gasteiger partial charge is 0.102 e. The molecular formula is C10H11P. The van der Waals surface area contributed by atoms with Crippen LogP contribution in [0.25, 0.3) is 0 Å². The first-order valence-corrected chi connectivity index (χ1v) is 5.45. The SMILES string of the molecule is C=CC1CP1c1ccccc1. The van der Waals surface area contributed by atoms with Crippen molar-refractivity contribution in [3.05, 3.63) is 43.0 Å². The molecule has 0 amide bonds. The summed E-state index contributed by atoms with van der Waals surface area (Å²) in [5.74, 6) is 0. The van der Waals surface area contributed by atoms with Crippen LogP contribution in [0.15, 0.2) is 43.0 Å². The van der Waals surface area contributed by atoms with Crippen LogP contribution in [0.3, 0.4) is 0 Å². The maximum atomic E-state index is 3.81. The molecule has 0 radical (unpaired) electrons. The third-order valence-electron chi connectivity index (χ3n) is 2.01. The molecule has 1 saturated heterocycles. The highest BCUT2D eigenvalue weighted by Crippen LogP contribution is 2.57. The van der Waals surface area contributed by atoms with Crippen LogP contribution in [0, 0.1) is 0 Å². The molecule has 0 spiro atoms. The van der Waals surface area contributed by atoms with Crippen molar-refractivity contribution in [2.75, 3.05) is 6.16 Å². The van der Waals surface area contributed by atoms with Gasteiger partial charge in [-0.05, 0) is 11.5 Å². The molecule has 11 heavy (non-hydrogen) atoms. The summed E-state index contributed by atoms with van der Waals surface area (Å²) in [6.07, 6.45) is 3.46. The van der Waals surface area contributed by atoms with Gasteiger partial charge in [-0.1, -0.05) is 44.3 Å². The molecule has 2 atom stereocenters. The third-order valence-corrected chi connectivity index (χ3v) is 4.48. The minimum absolute atomic E-state index is 0.173. The number of hydrogen-bond acceptors (Lipinski definition) is 0. The predicted molar refractivity (Wildman–Crippen MR) is 51.8 cm³/mol. The second-order valence-corrected chi connectivity index (χ2v) is 5.28. The molecule has 0 aromatic heterocycles. The Hall–Kier alpha value is -0.610. The minimum Gasteiger partial charge on any atom is -0.102 e. The standard InChI is InChI=1S/C10H11P/c1-2-9-8-11(9)10-6-4-3-5-7-10/h2-7,9H,1,8H2. The molecule has 0 aliphatic carbocycles. The Bertz CT molecular complexity index is 253. The first kappa shape index (κ1) is 7.06. The predicted octanol–water partition coefficient (Wildman–Crippen LogP) is 2.36. The lowest BCUT2D eigenvalue weighted by atomic mass is 10.4. The highest BCUT2D eigenvalue weighted by atomic mass is 31.1. The van der Waals surface area contributed by atoms with Crippen molar-refractivity contribution in [3.8, 4) is 0 Å². The van der Waals surface area contributed by atoms with Gasteiger partial charge >= 0.3 is 0 Å². The Morgan fingerprint density at radius 3 is 2.64 bits per heavy atom. The van der Waals surface area contributed by atoms with Gasteiger partial charge in [0.1, 0.15) is 0 Å². The van der Waals surface area contributed by atoms with Crippen molar-refractivity contribution in [2.45, 2.75) is 5.66 Å². The van der Waals surface area contributed by atoms with E-state index in [1.807, 2.05) is 0 Å². The van der Waals surface area contributed by atoms with Crippen LogP contribution >= 0.6 is 7.92 Å². The Balaban J connectivity index is 2.14. The fourth-order valence-electron chi connectivity index (χ4n) is 1.27. The molecule has 0 saturated carbocycles. The minimum atomic E-state index is 0.173. The average Bonchev–Trinajstić information content (AvgIpc) is 2.85. The highest BCUT2D eigenvalue weighted by molar-refractivity contribution is 7.73. The van der Waals surface area contributed by atoms with E-state index < -0.39 is 0 Å². The molecule has 1 aliphatic heterocycles. The van der Waals surface area contributed by atoms with Crippen molar-refractivity contribution in [1.82, 2.24) is 0 Å². The molecule has 1 aromatic rings. The van der Waals surface area contributed by atoms with Gasteiger partial charge in [0, 0.05) is 5.66 Å². The van der Waals surface area contributed by atoms with Gasteiger partial charge in [-0.3, -0.25) is 0 Å². The molecule has 0 nitrogen and oxygen atoms in total. The quantitative estimate of drug-likeness (QED) is 0.462. The number of allylic oxidation sites excluding steroid dienone is 1. The Morgan fingerprint density at radius 1 is 1.36 bits per heavy atom. The smallest absolute Gasteiger partial charge is 0.00506 e. The summed E-state index contributed by atoms with van der Waals surface area (Å²) in [5, 5.41) is 1.53. The van der Waals surface area contributed by atoms with Crippen molar-refractivity contribution >= 4 is 13.2 Å². The van der Waals surface area contributed by atoms with Crippen molar-refractivity contribution in [1.29, 1.82) is 0 Å². The van der Waals surface area contributed by atoms with E-state index in [9.17, 15) is 0 Å². The lowest BCUT2D eigenvalue weighted by Gasteiger charge is -1.95. The fourth-order valence-corrected chi connectivity index (χ4v) is 3.38. The molecular weight excluding hydrogens is 151 g/mol. The van der Waals surface area contributed by atoms with Gasteiger partial charge in [0.2, 0.25) is 0 Å². The van der Waals surface area contributed by atoms with Crippen LogP contribution in [0.4, 0.5) is 0 Å². The first-order valence-electron chi connectivity index (χ1n) is 3.86. The van der Waals surface area contributed by atoms with Crippen LogP contribution in [0.5, 0.6) is 0 Å². The Labute approximate surface area is 68.7 Å². The van der Waals surface area contributed by atoms with Crippen molar-refractivity contribution < 1.29 is 0 Å². The highest BCUT2D eigenvalue weighted by Gasteiger charge is 2.34. The molecule has 0 N–H and O–H groups in total. The molecule has 56 valence electrons. The van der Waals surface area contributed by atoms with Crippen LogP contribution < -0.4 is 5.30 Å². The first-order chi connectivity index (χ1) is 5.42. The second-order valence-electron chi connectivity index (χ2n) is 2.79. The van der Waals surface area contributed by atoms with Gasteiger partial charge in [-0.2, -0.15) is 0 Å². The van der Waals surface area contributed by atoms with Gasteiger partial charge in [0.25, 0.3) is 0 Å². The molecule has 1 aliphatic rings. The van der Waals surface area contributed by atoms with Gasteiger partial charge in [0.05, 0.1) is 0 Å². The maximum absolute atomic E-state index is 3.81. The maximum Gasteiger partial charge on any atom is 0.00506 e. The van der Waals surface area contributed by atoms with E-state index in [0.717, 1.165) is 5.66 Å². The van der Waals surface area contributed by atoms with E-state index in [4.69, 9.17) is 0 Å². The molecule has 2 unspecified atom stereocenters. The zero-order valence-electron chi connectivity index (χ0n) is 6.40. The van der Waals surface area contributed by atoms with Gasteiger partial charge in [-0.15, -0.1) is 6.58 Å². The molecule has 1 aromatic carbocycles. The number of hydrogen-bond donors (Lipinski definition) is 0. The number of benzene rings is 1. The van der Waals surface area contributed by atoms with E-state index in [1.165, 1.54) is 11.5 Å². The third kappa shape index (κ3) is 1.36. The lowest BCUT2D eigenvalue weighted by Crippen LogP contribution is -1.91. The Morgan fingerprint density at radius 2 is 2.09 bits per heavy atom. The summed E-state index contributed by atoms with van der Waals surface area (Å²) in [4.78, 5) is 0. The summed E-state index contributed by atoms with van der Waals surface area (Å²) >= 11 is 0. The van der Waals surface area contributed by atoms with E-state index in [-0.39, 0.29) is 7.92 Å². The summed E-state index contributed by atoms with van der Waals surface area (Å²) in [6.45, 7) is 3.81. The molecule has 2 rings (SSSR count). The summed E-state index contributed by atoms with van der Waals surface area (Å²) in [5.41, 5.74) is 0.812. The normalized spacial score (nSPS) is 28.0. The van der Waals surface area contributed by atoms with E-state index in [0.29, 0.717) is 0 Å². The second kappa shape index (κ2) is 2.79. The summed E-state index contributed by atoms with van der Waals surface area (Å²) in [6, 6.07) is 10.8. The topological polar surface area (TPSA) is 0 Å². The zero-order valence-corrected chi connectivity index (χ0v) is 7.30. The monoisotopic (exact) mass is 162 g/mol. The van der Waals surface area contributed by atoms with E-state index >= 15 is 0 Å². The summed E-state index contributed by atoms with van der Waals surface area (Å²) < 4.78 is 0. The summed E-state index contributed by atoms with van der Waals surface area (Å²) in [7, 11) is 0.173. The fraction of sp³-hybridized carbons (Fsp3) is 0.200. The Kier molecular flexibility index (Phi) is 1.79. The van der Waals surface area contributed by atoms with Crippen LogP contribution in [0.2, 0.25) is 0 Å². The lowest BCUT2D eigenvalue weighted by molar-refractivity contribution is 1.42. The van der Waals surface area contributed by atoms with Crippen LogP contribution in [-0.2, 0) is 0 Å². The van der Waals surface area contributed by atoms with Crippen molar-refractivity contribution in [3.63, 3.8) is 0 Å². The number of rotatable bonds is 2. The van der Waals surface area contributed by atoms with Gasteiger partial charge in [-0.25, -0.2) is 0 Å². The molecule has 1 heterocycles. The molecule has 1 heteroatoms. The van der Waals surface area contributed by atoms with Crippen LogP contribution in [-0.4, -0.2) is 11.8 Å². The van der Waals surface area contributed by atoms with E-state index in [2.05, 4.69) is 43.0 Å². The van der Waals surface area contributed by atoms with E-state index in [1.54, 1.807) is 0 Å². The van der Waals surface area contributed by atoms with Gasteiger partial charge < -0.3 is 0 Å². The molecule has 0 bridgehead atoms. The van der Waals surface area contributed by atoms with Crippen LogP contribution in [0.1, 0.15) is 0 Å². The zero-order chi connectivity index (χ0) is 7.68. The average molecular weight is 162 g/mol. The molecule has 1 fully saturated rings. The van der Waals surface area contributed by atoms with Gasteiger partial charge in [0.15, 0.2) is 0 Å². The van der Waals surface area contributed by atoms with Crippen molar-refractivity contribution in [2.24, 2.45) is 0 Å².